The minimum absolute atomic E-state index is 0.0220. The van der Waals surface area contributed by atoms with Gasteiger partial charge in [0.2, 0.25) is 0 Å². The third kappa shape index (κ3) is 3.45. The number of rotatable bonds is 4. The zero-order chi connectivity index (χ0) is 14.6. The molecular weight excluding hydrogens is 267 g/mol. The van der Waals surface area contributed by atoms with Crippen LogP contribution in [-0.4, -0.2) is 18.3 Å². The Labute approximate surface area is 117 Å². The van der Waals surface area contributed by atoms with Gasteiger partial charge in [0, 0.05) is 17.6 Å². The Balaban J connectivity index is 2.10. The van der Waals surface area contributed by atoms with Crippen molar-refractivity contribution in [3.05, 3.63) is 29.8 Å². The first-order valence-electron chi connectivity index (χ1n) is 6.98. The lowest BCUT2D eigenvalue weighted by Crippen LogP contribution is -2.35. The van der Waals surface area contributed by atoms with E-state index in [0.29, 0.717) is 6.54 Å². The molecule has 1 aromatic rings. The Bertz CT molecular complexity index is 439. The largest absolute Gasteiger partial charge is 0.418 e. The van der Waals surface area contributed by atoms with Crippen LogP contribution in [-0.2, 0) is 6.18 Å². The van der Waals surface area contributed by atoms with Crippen molar-refractivity contribution >= 4 is 5.69 Å². The number of nitrogens with one attached hydrogen (secondary N) is 1. The van der Waals surface area contributed by atoms with Gasteiger partial charge in [0.15, 0.2) is 0 Å². The molecule has 1 saturated carbocycles. The van der Waals surface area contributed by atoms with Gasteiger partial charge in [-0.25, -0.2) is 0 Å². The van der Waals surface area contributed by atoms with Crippen LogP contribution in [0.4, 0.5) is 18.9 Å². The Kier molecular flexibility index (Phi) is 4.58. The molecule has 1 aromatic carbocycles. The minimum Gasteiger partial charge on any atom is -0.396 e. The molecule has 0 saturated heterocycles. The molecule has 2 nitrogen and oxygen atoms in total. The molecule has 2 rings (SSSR count). The van der Waals surface area contributed by atoms with Crippen LogP contribution >= 0.6 is 0 Å². The molecule has 0 radical (unpaired) electrons. The fraction of sp³-hybridized carbons (Fsp3) is 0.600. The lowest BCUT2D eigenvalue weighted by atomic mass is 9.74. The average molecular weight is 287 g/mol. The highest BCUT2D eigenvalue weighted by atomic mass is 19.4. The molecule has 20 heavy (non-hydrogen) atoms. The van der Waals surface area contributed by atoms with Crippen LogP contribution in [0.2, 0.25) is 0 Å². The number of benzene rings is 1. The predicted molar refractivity (Wildman–Crippen MR) is 72.5 cm³/mol. The number of aliphatic hydroxyl groups excluding tert-OH is 1. The molecule has 0 bridgehead atoms. The lowest BCUT2D eigenvalue weighted by molar-refractivity contribution is -0.137. The summed E-state index contributed by atoms with van der Waals surface area (Å²) in [7, 11) is 0. The molecule has 2 N–H and O–H groups in total. The SMILES string of the molecule is OCC1(CNc2ccccc2C(F)(F)F)CCCCC1. The third-order valence-electron chi connectivity index (χ3n) is 4.14. The zero-order valence-corrected chi connectivity index (χ0v) is 11.3. The van der Waals surface area contributed by atoms with Crippen molar-refractivity contribution < 1.29 is 18.3 Å². The van der Waals surface area contributed by atoms with Crippen LogP contribution in [0.15, 0.2) is 24.3 Å². The van der Waals surface area contributed by atoms with Crippen LogP contribution in [0.3, 0.4) is 0 Å². The highest BCUT2D eigenvalue weighted by Crippen LogP contribution is 2.38. The summed E-state index contributed by atoms with van der Waals surface area (Å²) in [6.07, 6.45) is 0.575. The van der Waals surface area contributed by atoms with E-state index < -0.39 is 11.7 Å². The predicted octanol–water partition coefficient (Wildman–Crippen LogP) is 4.06. The summed E-state index contributed by atoms with van der Waals surface area (Å²) >= 11 is 0. The first-order valence-corrected chi connectivity index (χ1v) is 6.98. The molecule has 0 atom stereocenters. The van der Waals surface area contributed by atoms with Crippen molar-refractivity contribution in [2.24, 2.45) is 5.41 Å². The van der Waals surface area contributed by atoms with E-state index >= 15 is 0 Å². The summed E-state index contributed by atoms with van der Waals surface area (Å²) in [4.78, 5) is 0. The van der Waals surface area contributed by atoms with Gasteiger partial charge in [-0.3, -0.25) is 0 Å². The minimum atomic E-state index is -4.36. The van der Waals surface area contributed by atoms with Crippen LogP contribution in [0.1, 0.15) is 37.7 Å². The second-order valence-electron chi connectivity index (χ2n) is 5.62. The van der Waals surface area contributed by atoms with Crippen molar-refractivity contribution in [2.75, 3.05) is 18.5 Å². The molecule has 0 aliphatic heterocycles. The van der Waals surface area contributed by atoms with E-state index in [4.69, 9.17) is 0 Å². The Hall–Kier alpha value is -1.23. The number of hydrogen-bond donors (Lipinski definition) is 2. The quantitative estimate of drug-likeness (QED) is 0.875. The summed E-state index contributed by atoms with van der Waals surface area (Å²) in [5.41, 5.74) is -0.834. The molecule has 0 heterocycles. The van der Waals surface area contributed by atoms with Gasteiger partial charge in [-0.2, -0.15) is 13.2 Å². The second kappa shape index (κ2) is 6.04. The van der Waals surface area contributed by atoms with E-state index in [1.807, 2.05) is 0 Å². The first-order chi connectivity index (χ1) is 9.47. The molecule has 0 amide bonds. The summed E-state index contributed by atoms with van der Waals surface area (Å²) < 4.78 is 38.7. The topological polar surface area (TPSA) is 32.3 Å². The van der Waals surface area contributed by atoms with Gasteiger partial charge in [0.1, 0.15) is 0 Å². The summed E-state index contributed by atoms with van der Waals surface area (Å²) in [6, 6.07) is 5.49. The molecule has 1 fully saturated rings. The molecular formula is C15H20F3NO. The fourth-order valence-electron chi connectivity index (χ4n) is 2.86. The monoisotopic (exact) mass is 287 g/mol. The van der Waals surface area contributed by atoms with Gasteiger partial charge < -0.3 is 10.4 Å². The fourth-order valence-corrected chi connectivity index (χ4v) is 2.86. The molecule has 112 valence electrons. The maximum absolute atomic E-state index is 12.9. The van der Waals surface area contributed by atoms with Crippen molar-refractivity contribution in [1.82, 2.24) is 0 Å². The Morgan fingerprint density at radius 2 is 1.75 bits per heavy atom. The number of halogens is 3. The van der Waals surface area contributed by atoms with Crippen LogP contribution in [0.25, 0.3) is 0 Å². The Morgan fingerprint density at radius 1 is 1.10 bits per heavy atom. The number of anilines is 1. The molecule has 0 aromatic heterocycles. The molecule has 0 spiro atoms. The number of hydrogen-bond acceptors (Lipinski definition) is 2. The van der Waals surface area contributed by atoms with Gasteiger partial charge in [-0.15, -0.1) is 0 Å². The maximum Gasteiger partial charge on any atom is 0.418 e. The van der Waals surface area contributed by atoms with E-state index in [1.54, 1.807) is 6.07 Å². The standard InChI is InChI=1S/C15H20F3NO/c16-15(17,18)12-6-2-3-7-13(12)19-10-14(11-20)8-4-1-5-9-14/h2-3,6-7,19-20H,1,4-5,8-11H2. The van der Waals surface area contributed by atoms with Crippen LogP contribution in [0.5, 0.6) is 0 Å². The van der Waals surface area contributed by atoms with Gasteiger partial charge in [-0.1, -0.05) is 31.4 Å². The van der Waals surface area contributed by atoms with Crippen LogP contribution < -0.4 is 5.32 Å². The second-order valence-corrected chi connectivity index (χ2v) is 5.62. The van der Waals surface area contributed by atoms with Gasteiger partial charge in [0.25, 0.3) is 0 Å². The van der Waals surface area contributed by atoms with E-state index in [2.05, 4.69) is 5.32 Å². The maximum atomic E-state index is 12.9. The summed E-state index contributed by atoms with van der Waals surface area (Å²) in [6.45, 7) is 0.408. The third-order valence-corrected chi connectivity index (χ3v) is 4.14. The van der Waals surface area contributed by atoms with E-state index in [1.165, 1.54) is 12.1 Å². The first kappa shape index (κ1) is 15.2. The lowest BCUT2D eigenvalue weighted by Gasteiger charge is -2.36. The summed E-state index contributed by atoms with van der Waals surface area (Å²) in [5, 5.41) is 12.5. The molecule has 1 aliphatic rings. The van der Waals surface area contributed by atoms with E-state index in [0.717, 1.165) is 38.2 Å². The van der Waals surface area contributed by atoms with Crippen molar-refractivity contribution in [3.63, 3.8) is 0 Å². The smallest absolute Gasteiger partial charge is 0.396 e. The Morgan fingerprint density at radius 3 is 2.35 bits per heavy atom. The number of alkyl halides is 3. The van der Waals surface area contributed by atoms with Gasteiger partial charge in [-0.05, 0) is 25.0 Å². The van der Waals surface area contributed by atoms with Crippen molar-refractivity contribution in [1.29, 1.82) is 0 Å². The number of aliphatic hydroxyl groups is 1. The average Bonchev–Trinajstić information content (AvgIpc) is 2.45. The summed E-state index contributed by atoms with van der Waals surface area (Å²) in [5.74, 6) is 0. The highest BCUT2D eigenvalue weighted by Gasteiger charge is 2.35. The van der Waals surface area contributed by atoms with E-state index in [-0.39, 0.29) is 17.7 Å². The van der Waals surface area contributed by atoms with Crippen molar-refractivity contribution in [3.8, 4) is 0 Å². The highest BCUT2D eigenvalue weighted by molar-refractivity contribution is 5.52. The number of para-hydroxylation sites is 1. The zero-order valence-electron chi connectivity index (χ0n) is 11.3. The molecule has 5 heteroatoms. The van der Waals surface area contributed by atoms with E-state index in [9.17, 15) is 18.3 Å². The molecule has 1 aliphatic carbocycles. The van der Waals surface area contributed by atoms with Crippen LogP contribution in [0, 0.1) is 5.41 Å². The van der Waals surface area contributed by atoms with Crippen molar-refractivity contribution in [2.45, 2.75) is 38.3 Å². The van der Waals surface area contributed by atoms with Gasteiger partial charge >= 0.3 is 6.18 Å². The van der Waals surface area contributed by atoms with Gasteiger partial charge in [0.05, 0.1) is 12.2 Å². The molecule has 0 unspecified atom stereocenters. The normalized spacial score (nSPS) is 18.8.